The molecule has 5 heteroatoms. The molecule has 1 aromatic carbocycles. The monoisotopic (exact) mass is 301 g/mol. The van der Waals surface area contributed by atoms with E-state index in [1.807, 2.05) is 0 Å². The normalized spacial score (nSPS) is 23.9. The highest BCUT2D eigenvalue weighted by atomic mass is 79.9. The number of ketones is 1. The number of hydrogen-bond donors (Lipinski definition) is 1. The van der Waals surface area contributed by atoms with Crippen molar-refractivity contribution in [1.82, 2.24) is 5.32 Å². The van der Waals surface area contributed by atoms with Gasteiger partial charge in [0.25, 0.3) is 0 Å². The first-order valence-electron chi connectivity index (χ1n) is 5.38. The average Bonchev–Trinajstić information content (AvgIpc) is 2.80. The van der Waals surface area contributed by atoms with Crippen LogP contribution < -0.4 is 5.32 Å². The second kappa shape index (κ2) is 5.25. The van der Waals surface area contributed by atoms with Crippen LogP contribution in [0.4, 0.5) is 4.39 Å². The van der Waals surface area contributed by atoms with Crippen molar-refractivity contribution < 1.29 is 13.9 Å². The zero-order valence-corrected chi connectivity index (χ0v) is 11.0. The molecule has 1 aliphatic heterocycles. The number of carbonyl (C=O) groups excluding carboxylic acids is 1. The molecule has 0 saturated carbocycles. The Hall–Kier alpha value is -0.780. The average molecular weight is 302 g/mol. The fraction of sp³-hybridized carbons (Fsp3) is 0.417. The first-order valence-corrected chi connectivity index (χ1v) is 6.17. The van der Waals surface area contributed by atoms with Gasteiger partial charge in [0.15, 0.2) is 5.78 Å². The van der Waals surface area contributed by atoms with Gasteiger partial charge in [-0.3, -0.25) is 4.79 Å². The van der Waals surface area contributed by atoms with E-state index in [1.54, 1.807) is 19.2 Å². The minimum absolute atomic E-state index is 0.0409. The number of benzene rings is 1. The minimum atomic E-state index is -0.501. The van der Waals surface area contributed by atoms with Gasteiger partial charge < -0.3 is 10.1 Å². The van der Waals surface area contributed by atoms with Gasteiger partial charge >= 0.3 is 0 Å². The fourth-order valence-electron chi connectivity index (χ4n) is 1.99. The van der Waals surface area contributed by atoms with E-state index in [-0.39, 0.29) is 23.3 Å². The lowest BCUT2D eigenvalue weighted by molar-refractivity contribution is 0.0888. The number of likely N-dealkylation sites (N-methyl/N-ethyl adjacent to an activating group) is 1. The molecule has 1 fully saturated rings. The Morgan fingerprint density at radius 2 is 2.29 bits per heavy atom. The molecule has 17 heavy (non-hydrogen) atoms. The molecule has 92 valence electrons. The van der Waals surface area contributed by atoms with Gasteiger partial charge in [-0.1, -0.05) is 6.07 Å². The molecule has 0 aliphatic carbocycles. The SMILES string of the molecule is CNC1COCC1C(=O)c1cccc(Br)c1F. The number of nitrogens with one attached hydrogen (secondary N) is 1. The zero-order valence-electron chi connectivity index (χ0n) is 9.37. The maximum absolute atomic E-state index is 13.8. The van der Waals surface area contributed by atoms with Crippen LogP contribution in [0, 0.1) is 11.7 Å². The Labute approximate surface area is 107 Å². The summed E-state index contributed by atoms with van der Waals surface area (Å²) in [5.74, 6) is -1.02. The van der Waals surface area contributed by atoms with Gasteiger partial charge in [-0.15, -0.1) is 0 Å². The van der Waals surface area contributed by atoms with E-state index in [0.29, 0.717) is 17.7 Å². The third-order valence-electron chi connectivity index (χ3n) is 3.01. The van der Waals surface area contributed by atoms with Gasteiger partial charge in [0, 0.05) is 6.04 Å². The van der Waals surface area contributed by atoms with Crippen molar-refractivity contribution in [1.29, 1.82) is 0 Å². The standard InChI is InChI=1S/C12H13BrFNO2/c1-15-10-6-17-5-8(10)12(16)7-3-2-4-9(13)11(7)14/h2-4,8,10,15H,5-6H2,1H3. The number of Topliss-reactive ketones (excluding diaryl/α,β-unsaturated/α-hetero) is 1. The predicted molar refractivity (Wildman–Crippen MR) is 65.6 cm³/mol. The molecule has 1 N–H and O–H groups in total. The van der Waals surface area contributed by atoms with Crippen LogP contribution in [0.1, 0.15) is 10.4 Å². The third-order valence-corrected chi connectivity index (χ3v) is 3.62. The van der Waals surface area contributed by atoms with Gasteiger partial charge in [-0.2, -0.15) is 0 Å². The van der Waals surface area contributed by atoms with Crippen molar-refractivity contribution in [2.75, 3.05) is 20.3 Å². The lowest BCUT2D eigenvalue weighted by Gasteiger charge is -2.16. The van der Waals surface area contributed by atoms with Crippen LogP contribution in [-0.4, -0.2) is 32.1 Å². The Kier molecular flexibility index (Phi) is 3.91. The van der Waals surface area contributed by atoms with E-state index < -0.39 is 5.82 Å². The van der Waals surface area contributed by atoms with Gasteiger partial charge in [0.2, 0.25) is 0 Å². The molecule has 1 aromatic rings. The van der Waals surface area contributed by atoms with Crippen LogP contribution >= 0.6 is 15.9 Å². The van der Waals surface area contributed by atoms with E-state index in [1.165, 1.54) is 6.07 Å². The summed E-state index contributed by atoms with van der Waals surface area (Å²) >= 11 is 3.08. The lowest BCUT2D eigenvalue weighted by Crippen LogP contribution is -2.37. The zero-order chi connectivity index (χ0) is 12.4. The third kappa shape index (κ3) is 2.41. The van der Waals surface area contributed by atoms with Crippen molar-refractivity contribution in [2.24, 2.45) is 5.92 Å². The summed E-state index contributed by atoms with van der Waals surface area (Å²) in [6, 6.07) is 4.70. The summed E-state index contributed by atoms with van der Waals surface area (Å²) in [5.41, 5.74) is 0.120. The number of carbonyl (C=O) groups is 1. The molecule has 0 radical (unpaired) electrons. The molecule has 0 bridgehead atoms. The molecule has 0 spiro atoms. The number of hydrogen-bond acceptors (Lipinski definition) is 3. The van der Waals surface area contributed by atoms with Crippen molar-refractivity contribution in [2.45, 2.75) is 6.04 Å². The van der Waals surface area contributed by atoms with Crippen LogP contribution in [0.25, 0.3) is 0 Å². The first kappa shape index (κ1) is 12.7. The van der Waals surface area contributed by atoms with Crippen molar-refractivity contribution >= 4 is 21.7 Å². The summed E-state index contributed by atoms with van der Waals surface area (Å²) < 4.78 is 19.4. The highest BCUT2D eigenvalue weighted by molar-refractivity contribution is 9.10. The minimum Gasteiger partial charge on any atom is -0.379 e. The van der Waals surface area contributed by atoms with E-state index in [4.69, 9.17) is 4.74 Å². The van der Waals surface area contributed by atoms with Gasteiger partial charge in [-0.05, 0) is 35.1 Å². The smallest absolute Gasteiger partial charge is 0.172 e. The van der Waals surface area contributed by atoms with Crippen LogP contribution in [0.5, 0.6) is 0 Å². The molecule has 0 aromatic heterocycles. The highest BCUT2D eigenvalue weighted by Crippen LogP contribution is 2.24. The van der Waals surface area contributed by atoms with Crippen LogP contribution in [0.15, 0.2) is 22.7 Å². The van der Waals surface area contributed by atoms with Crippen LogP contribution in [0.2, 0.25) is 0 Å². The lowest BCUT2D eigenvalue weighted by atomic mass is 9.93. The fourth-order valence-corrected chi connectivity index (χ4v) is 2.36. The molecular formula is C12H13BrFNO2. The molecule has 0 amide bonds. The topological polar surface area (TPSA) is 38.3 Å². The van der Waals surface area contributed by atoms with Crippen LogP contribution in [-0.2, 0) is 4.74 Å². The van der Waals surface area contributed by atoms with Crippen LogP contribution in [0.3, 0.4) is 0 Å². The van der Waals surface area contributed by atoms with Crippen molar-refractivity contribution in [3.63, 3.8) is 0 Å². The van der Waals surface area contributed by atoms with Gasteiger partial charge in [0.05, 0.1) is 29.2 Å². The second-order valence-electron chi connectivity index (χ2n) is 4.00. The largest absolute Gasteiger partial charge is 0.379 e. The molecule has 1 aliphatic rings. The molecule has 2 rings (SSSR count). The molecule has 3 nitrogen and oxygen atoms in total. The Morgan fingerprint density at radius 1 is 1.53 bits per heavy atom. The molecule has 1 heterocycles. The van der Waals surface area contributed by atoms with E-state index in [2.05, 4.69) is 21.2 Å². The predicted octanol–water partition coefficient (Wildman–Crippen LogP) is 2.01. The molecule has 2 atom stereocenters. The molecule has 2 unspecified atom stereocenters. The Balaban J connectivity index is 2.28. The Morgan fingerprint density at radius 3 is 3.00 bits per heavy atom. The first-order chi connectivity index (χ1) is 8.15. The van der Waals surface area contributed by atoms with Crippen molar-refractivity contribution in [3.05, 3.63) is 34.1 Å². The number of rotatable bonds is 3. The van der Waals surface area contributed by atoms with E-state index in [0.717, 1.165) is 0 Å². The Bertz CT molecular complexity index is 439. The highest BCUT2D eigenvalue weighted by Gasteiger charge is 2.34. The van der Waals surface area contributed by atoms with E-state index in [9.17, 15) is 9.18 Å². The van der Waals surface area contributed by atoms with E-state index >= 15 is 0 Å². The molecular weight excluding hydrogens is 289 g/mol. The quantitative estimate of drug-likeness (QED) is 0.868. The summed E-state index contributed by atoms with van der Waals surface area (Å²) in [5, 5.41) is 3.02. The maximum atomic E-state index is 13.8. The number of ether oxygens (including phenoxy) is 1. The summed E-state index contributed by atoms with van der Waals surface area (Å²) in [4.78, 5) is 12.2. The second-order valence-corrected chi connectivity index (χ2v) is 4.86. The summed E-state index contributed by atoms with van der Waals surface area (Å²) in [6.45, 7) is 0.832. The van der Waals surface area contributed by atoms with Gasteiger partial charge in [-0.25, -0.2) is 4.39 Å². The van der Waals surface area contributed by atoms with Gasteiger partial charge in [0.1, 0.15) is 5.82 Å². The number of halogens is 2. The summed E-state index contributed by atoms with van der Waals surface area (Å²) in [6.07, 6.45) is 0. The summed E-state index contributed by atoms with van der Waals surface area (Å²) in [7, 11) is 1.77. The molecule has 1 saturated heterocycles. The van der Waals surface area contributed by atoms with Crippen molar-refractivity contribution in [3.8, 4) is 0 Å². The maximum Gasteiger partial charge on any atom is 0.172 e.